The van der Waals surface area contributed by atoms with Crippen molar-refractivity contribution in [1.82, 2.24) is 10.3 Å². The van der Waals surface area contributed by atoms with Gasteiger partial charge in [0.05, 0.1) is 0 Å². The van der Waals surface area contributed by atoms with Gasteiger partial charge in [0.15, 0.2) is 0 Å². The maximum atomic E-state index is 11.5. The van der Waals surface area contributed by atoms with Crippen LogP contribution in [-0.4, -0.2) is 17.6 Å². The Kier molecular flexibility index (Phi) is 5.83. The highest BCUT2D eigenvalue weighted by Crippen LogP contribution is 2.00. The standard InChI is InChI=1S/C17H16N2O2/c20-17(21-14-16-7-2-1-3-8-16)19-11-5-4-6-15-9-12-18-13-10-15/h1-3,7-10,12-13H,5,11,14H2,(H,19,20). The molecule has 1 N–H and O–H groups in total. The molecule has 0 aliphatic heterocycles. The monoisotopic (exact) mass is 280 g/mol. The number of aromatic nitrogens is 1. The van der Waals surface area contributed by atoms with Gasteiger partial charge in [0, 0.05) is 30.9 Å². The molecule has 106 valence electrons. The van der Waals surface area contributed by atoms with Crippen LogP contribution in [-0.2, 0) is 11.3 Å². The molecule has 0 saturated heterocycles. The minimum absolute atomic E-state index is 0.273. The highest BCUT2D eigenvalue weighted by atomic mass is 16.5. The number of carbonyl (C=O) groups excluding carboxylic acids is 1. The summed E-state index contributed by atoms with van der Waals surface area (Å²) < 4.78 is 5.09. The summed E-state index contributed by atoms with van der Waals surface area (Å²) in [5, 5.41) is 2.66. The number of nitrogens with one attached hydrogen (secondary N) is 1. The zero-order valence-electron chi connectivity index (χ0n) is 11.6. The van der Waals surface area contributed by atoms with Crippen molar-refractivity contribution in [3.63, 3.8) is 0 Å². The highest BCUT2D eigenvalue weighted by Gasteiger charge is 2.00. The zero-order chi connectivity index (χ0) is 14.8. The lowest BCUT2D eigenvalue weighted by Crippen LogP contribution is -2.24. The van der Waals surface area contributed by atoms with Crippen molar-refractivity contribution in [2.75, 3.05) is 6.54 Å². The zero-order valence-corrected chi connectivity index (χ0v) is 11.6. The Morgan fingerprint density at radius 3 is 2.67 bits per heavy atom. The third-order valence-corrected chi connectivity index (χ3v) is 2.65. The number of hydrogen-bond donors (Lipinski definition) is 1. The van der Waals surface area contributed by atoms with Crippen LogP contribution < -0.4 is 5.32 Å². The molecule has 0 atom stereocenters. The summed E-state index contributed by atoms with van der Waals surface area (Å²) >= 11 is 0. The molecule has 2 aromatic rings. The van der Waals surface area contributed by atoms with Gasteiger partial charge < -0.3 is 10.1 Å². The molecule has 0 aliphatic rings. The lowest BCUT2D eigenvalue weighted by Gasteiger charge is -2.05. The predicted octanol–water partition coefficient (Wildman–Crippen LogP) is 2.75. The normalized spacial score (nSPS) is 9.33. The molecular formula is C17H16N2O2. The Morgan fingerprint density at radius 2 is 1.90 bits per heavy atom. The number of pyridine rings is 1. The average Bonchev–Trinajstić information content (AvgIpc) is 2.54. The van der Waals surface area contributed by atoms with Gasteiger partial charge in [-0.2, -0.15) is 0 Å². The quantitative estimate of drug-likeness (QED) is 0.692. The number of rotatable bonds is 4. The minimum Gasteiger partial charge on any atom is -0.445 e. The largest absolute Gasteiger partial charge is 0.445 e. The van der Waals surface area contributed by atoms with Crippen molar-refractivity contribution in [3.8, 4) is 11.8 Å². The molecule has 0 spiro atoms. The molecule has 0 unspecified atom stereocenters. The van der Waals surface area contributed by atoms with E-state index in [0.29, 0.717) is 13.0 Å². The molecule has 1 aromatic heterocycles. The van der Waals surface area contributed by atoms with Crippen LogP contribution >= 0.6 is 0 Å². The van der Waals surface area contributed by atoms with Gasteiger partial charge in [-0.1, -0.05) is 42.2 Å². The van der Waals surface area contributed by atoms with E-state index in [1.54, 1.807) is 12.4 Å². The molecule has 4 nitrogen and oxygen atoms in total. The summed E-state index contributed by atoms with van der Waals surface area (Å²) in [7, 11) is 0. The maximum Gasteiger partial charge on any atom is 0.407 e. The molecule has 1 amide bonds. The Labute approximate surface area is 124 Å². The first-order chi connectivity index (χ1) is 10.3. The summed E-state index contributed by atoms with van der Waals surface area (Å²) in [4.78, 5) is 15.4. The van der Waals surface area contributed by atoms with Crippen LogP contribution in [0.2, 0.25) is 0 Å². The van der Waals surface area contributed by atoms with Crippen molar-refractivity contribution in [1.29, 1.82) is 0 Å². The van der Waals surface area contributed by atoms with E-state index in [2.05, 4.69) is 22.1 Å². The molecule has 4 heteroatoms. The lowest BCUT2D eigenvalue weighted by molar-refractivity contribution is 0.140. The van der Waals surface area contributed by atoms with Crippen molar-refractivity contribution in [2.45, 2.75) is 13.0 Å². The van der Waals surface area contributed by atoms with Gasteiger partial charge >= 0.3 is 6.09 Å². The van der Waals surface area contributed by atoms with Gasteiger partial charge in [-0.3, -0.25) is 4.98 Å². The van der Waals surface area contributed by atoms with Gasteiger partial charge in [0.2, 0.25) is 0 Å². The van der Waals surface area contributed by atoms with Gasteiger partial charge in [0.25, 0.3) is 0 Å². The SMILES string of the molecule is O=C(NCCC#Cc1ccncc1)OCc1ccccc1. The number of hydrogen-bond acceptors (Lipinski definition) is 3. The molecule has 1 heterocycles. The first-order valence-corrected chi connectivity index (χ1v) is 6.68. The van der Waals surface area contributed by atoms with E-state index < -0.39 is 6.09 Å². The summed E-state index contributed by atoms with van der Waals surface area (Å²) in [6, 6.07) is 13.2. The summed E-state index contributed by atoms with van der Waals surface area (Å²) in [5.41, 5.74) is 1.88. The Balaban J connectivity index is 1.63. The van der Waals surface area contributed by atoms with Crippen molar-refractivity contribution in [3.05, 3.63) is 66.0 Å². The minimum atomic E-state index is -0.426. The fourth-order valence-electron chi connectivity index (χ4n) is 1.60. The van der Waals surface area contributed by atoms with Crippen LogP contribution in [0.1, 0.15) is 17.5 Å². The second-order valence-corrected chi connectivity index (χ2v) is 4.28. The van der Waals surface area contributed by atoms with Crippen LogP contribution in [0.15, 0.2) is 54.9 Å². The molecule has 0 fully saturated rings. The van der Waals surface area contributed by atoms with E-state index in [0.717, 1.165) is 11.1 Å². The Bertz CT molecular complexity index is 615. The number of carbonyl (C=O) groups is 1. The molecule has 21 heavy (non-hydrogen) atoms. The van der Waals surface area contributed by atoms with Gasteiger partial charge in [0.1, 0.15) is 6.61 Å². The topological polar surface area (TPSA) is 51.2 Å². The molecule has 0 radical (unpaired) electrons. The fraction of sp³-hybridized carbons (Fsp3) is 0.176. The summed E-state index contributed by atoms with van der Waals surface area (Å²) in [6.07, 6.45) is 3.54. The fourth-order valence-corrected chi connectivity index (χ4v) is 1.60. The third-order valence-electron chi connectivity index (χ3n) is 2.65. The van der Waals surface area contributed by atoms with Crippen LogP contribution in [0, 0.1) is 11.8 Å². The second-order valence-electron chi connectivity index (χ2n) is 4.28. The smallest absolute Gasteiger partial charge is 0.407 e. The Hall–Kier alpha value is -2.80. The average molecular weight is 280 g/mol. The highest BCUT2D eigenvalue weighted by molar-refractivity contribution is 5.67. The van der Waals surface area contributed by atoms with E-state index in [9.17, 15) is 4.79 Å². The summed E-state index contributed by atoms with van der Waals surface area (Å²) in [5.74, 6) is 5.98. The second kappa shape index (κ2) is 8.39. The molecule has 1 aromatic carbocycles. The Morgan fingerprint density at radius 1 is 1.14 bits per heavy atom. The van der Waals surface area contributed by atoms with E-state index in [-0.39, 0.29) is 6.61 Å². The van der Waals surface area contributed by atoms with Gasteiger partial charge in [-0.15, -0.1) is 0 Å². The first-order valence-electron chi connectivity index (χ1n) is 6.68. The molecule has 2 rings (SSSR count). The number of amides is 1. The lowest BCUT2D eigenvalue weighted by atomic mass is 10.2. The number of benzene rings is 1. The van der Waals surface area contributed by atoms with Gasteiger partial charge in [-0.25, -0.2) is 4.79 Å². The van der Waals surface area contributed by atoms with E-state index in [1.807, 2.05) is 42.5 Å². The first kappa shape index (κ1) is 14.6. The number of nitrogens with zero attached hydrogens (tertiary/aromatic N) is 1. The molecule has 0 saturated carbocycles. The van der Waals surface area contributed by atoms with E-state index in [1.165, 1.54) is 0 Å². The van der Waals surface area contributed by atoms with Crippen molar-refractivity contribution in [2.24, 2.45) is 0 Å². The number of ether oxygens (including phenoxy) is 1. The number of alkyl carbamates (subject to hydrolysis) is 1. The van der Waals surface area contributed by atoms with Crippen molar-refractivity contribution < 1.29 is 9.53 Å². The van der Waals surface area contributed by atoms with Crippen LogP contribution in [0.5, 0.6) is 0 Å². The molecule has 0 aliphatic carbocycles. The third kappa shape index (κ3) is 5.79. The van der Waals surface area contributed by atoms with Crippen LogP contribution in [0.3, 0.4) is 0 Å². The predicted molar refractivity (Wildman–Crippen MR) is 80.4 cm³/mol. The molecular weight excluding hydrogens is 264 g/mol. The van der Waals surface area contributed by atoms with E-state index >= 15 is 0 Å². The van der Waals surface area contributed by atoms with Crippen molar-refractivity contribution >= 4 is 6.09 Å². The molecule has 0 bridgehead atoms. The maximum absolute atomic E-state index is 11.5. The summed E-state index contributed by atoms with van der Waals surface area (Å²) in [6.45, 7) is 0.737. The van der Waals surface area contributed by atoms with Crippen LogP contribution in [0.25, 0.3) is 0 Å². The van der Waals surface area contributed by atoms with E-state index in [4.69, 9.17) is 4.74 Å². The van der Waals surface area contributed by atoms with Gasteiger partial charge in [-0.05, 0) is 17.7 Å². The van der Waals surface area contributed by atoms with Crippen LogP contribution in [0.4, 0.5) is 4.79 Å².